The van der Waals surface area contributed by atoms with Gasteiger partial charge in [-0.25, -0.2) is 4.79 Å². The zero-order valence-corrected chi connectivity index (χ0v) is 15.3. The molecule has 0 saturated carbocycles. The van der Waals surface area contributed by atoms with Gasteiger partial charge in [-0.2, -0.15) is 5.10 Å². The number of amides is 2. The molecule has 8 nitrogen and oxygen atoms in total. The normalized spacial score (nSPS) is 17.1. The predicted octanol–water partition coefficient (Wildman–Crippen LogP) is 2.23. The van der Waals surface area contributed by atoms with Gasteiger partial charge < -0.3 is 20.7 Å². The van der Waals surface area contributed by atoms with Crippen molar-refractivity contribution in [2.24, 2.45) is 5.73 Å². The lowest BCUT2D eigenvalue weighted by Gasteiger charge is -2.41. The molecule has 0 atom stereocenters. The van der Waals surface area contributed by atoms with Crippen molar-refractivity contribution in [2.75, 3.05) is 18.4 Å². The number of fused-ring (bicyclic) bond motifs is 1. The molecule has 0 unspecified atom stereocenters. The van der Waals surface area contributed by atoms with E-state index in [1.165, 1.54) is 0 Å². The van der Waals surface area contributed by atoms with Crippen LogP contribution in [0.3, 0.4) is 0 Å². The lowest BCUT2D eigenvalue weighted by atomic mass is 9.86. The summed E-state index contributed by atoms with van der Waals surface area (Å²) >= 11 is 0. The minimum Gasteiger partial charge on any atom is -0.444 e. The smallest absolute Gasteiger partial charge is 0.410 e. The van der Waals surface area contributed by atoms with E-state index in [9.17, 15) is 9.59 Å². The summed E-state index contributed by atoms with van der Waals surface area (Å²) in [5.74, 6) is -0.423. The maximum atomic E-state index is 12.2. The molecule has 2 amide bonds. The molecular formula is C18H25N5O3. The minimum absolute atomic E-state index is 0.365. The van der Waals surface area contributed by atoms with Crippen LogP contribution in [0.25, 0.3) is 10.9 Å². The van der Waals surface area contributed by atoms with Crippen LogP contribution in [0.2, 0.25) is 0 Å². The molecule has 140 valence electrons. The Labute approximate surface area is 152 Å². The summed E-state index contributed by atoms with van der Waals surface area (Å²) in [4.78, 5) is 26.1. The number of nitrogens with two attached hydrogens (primary N) is 1. The third kappa shape index (κ3) is 3.74. The van der Waals surface area contributed by atoms with Crippen molar-refractivity contribution in [3.05, 3.63) is 24.4 Å². The largest absolute Gasteiger partial charge is 0.444 e. The van der Waals surface area contributed by atoms with E-state index in [1.807, 2.05) is 39.0 Å². The molecule has 4 N–H and O–H groups in total. The van der Waals surface area contributed by atoms with Gasteiger partial charge in [-0.05, 0) is 51.8 Å². The van der Waals surface area contributed by atoms with Gasteiger partial charge in [0.25, 0.3) is 0 Å². The average molecular weight is 359 g/mol. The first-order chi connectivity index (χ1) is 12.2. The highest BCUT2D eigenvalue weighted by Gasteiger charge is 2.41. The first-order valence-corrected chi connectivity index (χ1v) is 8.68. The van der Waals surface area contributed by atoms with E-state index in [-0.39, 0.29) is 6.09 Å². The molecule has 1 aromatic heterocycles. The number of carbonyl (C=O) groups is 2. The fraction of sp³-hybridized carbons (Fsp3) is 0.500. The number of ether oxygens (including phenoxy) is 1. The number of primary amides is 1. The Hall–Kier alpha value is -2.77. The maximum Gasteiger partial charge on any atom is 0.410 e. The number of aromatic nitrogens is 2. The first-order valence-electron chi connectivity index (χ1n) is 8.68. The molecule has 2 heterocycles. The van der Waals surface area contributed by atoms with E-state index < -0.39 is 17.0 Å². The topological polar surface area (TPSA) is 113 Å². The predicted molar refractivity (Wildman–Crippen MR) is 98.7 cm³/mol. The van der Waals surface area contributed by atoms with E-state index in [0.717, 1.165) is 16.6 Å². The molecule has 0 radical (unpaired) electrons. The summed E-state index contributed by atoms with van der Waals surface area (Å²) in [7, 11) is 0. The van der Waals surface area contributed by atoms with E-state index in [0.29, 0.717) is 25.9 Å². The third-order valence-corrected chi connectivity index (χ3v) is 4.56. The van der Waals surface area contributed by atoms with Gasteiger partial charge in [0.05, 0.1) is 11.7 Å². The van der Waals surface area contributed by atoms with Crippen molar-refractivity contribution in [2.45, 2.75) is 44.8 Å². The number of rotatable bonds is 3. The van der Waals surface area contributed by atoms with Crippen LogP contribution in [0.1, 0.15) is 33.6 Å². The Kier molecular flexibility index (Phi) is 4.52. The summed E-state index contributed by atoms with van der Waals surface area (Å²) < 4.78 is 5.40. The number of carbonyl (C=O) groups excluding carboxylic acids is 2. The summed E-state index contributed by atoms with van der Waals surface area (Å²) in [6.07, 6.45) is 2.20. The van der Waals surface area contributed by atoms with Crippen molar-refractivity contribution in [1.82, 2.24) is 15.1 Å². The second-order valence-corrected chi connectivity index (χ2v) is 7.71. The van der Waals surface area contributed by atoms with Crippen LogP contribution in [0.15, 0.2) is 24.4 Å². The number of nitrogens with zero attached hydrogens (tertiary/aromatic N) is 2. The highest BCUT2D eigenvalue weighted by atomic mass is 16.6. The van der Waals surface area contributed by atoms with Crippen molar-refractivity contribution in [3.8, 4) is 0 Å². The Morgan fingerprint density at radius 3 is 2.62 bits per heavy atom. The molecule has 1 aromatic carbocycles. The number of nitrogens with one attached hydrogen (secondary N) is 2. The number of likely N-dealkylation sites (tertiary alicyclic amines) is 1. The molecule has 3 rings (SSSR count). The SMILES string of the molecule is CC(C)(C)OC(=O)N1CCC(Nc2ccc3[nH]ncc3c2)(C(N)=O)CC1. The quantitative estimate of drug-likeness (QED) is 0.778. The van der Waals surface area contributed by atoms with E-state index in [4.69, 9.17) is 10.5 Å². The molecule has 1 aliphatic rings. The lowest BCUT2D eigenvalue weighted by Crippen LogP contribution is -2.58. The van der Waals surface area contributed by atoms with Gasteiger partial charge in [0.1, 0.15) is 11.1 Å². The number of aromatic amines is 1. The Morgan fingerprint density at radius 1 is 1.31 bits per heavy atom. The van der Waals surface area contributed by atoms with Crippen LogP contribution >= 0.6 is 0 Å². The molecule has 8 heteroatoms. The van der Waals surface area contributed by atoms with Crippen LogP contribution in [-0.2, 0) is 9.53 Å². The zero-order valence-electron chi connectivity index (χ0n) is 15.3. The molecule has 1 saturated heterocycles. The van der Waals surface area contributed by atoms with Crippen LogP contribution in [0.5, 0.6) is 0 Å². The van der Waals surface area contributed by atoms with E-state index in [2.05, 4.69) is 15.5 Å². The van der Waals surface area contributed by atoms with Gasteiger partial charge in [-0.15, -0.1) is 0 Å². The Bertz CT molecular complexity index is 816. The standard InChI is InChI=1S/C18H25N5O3/c1-17(2,3)26-16(25)23-8-6-18(7-9-23,15(19)24)21-13-4-5-14-12(10-13)11-20-22-14/h4-5,10-11,21H,6-9H2,1-3H3,(H2,19,24)(H,20,22). The van der Waals surface area contributed by atoms with Crippen molar-refractivity contribution < 1.29 is 14.3 Å². The van der Waals surface area contributed by atoms with Gasteiger partial charge in [0.2, 0.25) is 5.91 Å². The molecule has 0 spiro atoms. The van der Waals surface area contributed by atoms with Crippen LogP contribution in [-0.4, -0.2) is 51.3 Å². The van der Waals surface area contributed by atoms with Crippen LogP contribution < -0.4 is 11.1 Å². The number of hydrogen-bond donors (Lipinski definition) is 3. The summed E-state index contributed by atoms with van der Waals surface area (Å²) in [5, 5.41) is 11.1. The Morgan fingerprint density at radius 2 is 2.00 bits per heavy atom. The van der Waals surface area contributed by atoms with Crippen LogP contribution in [0.4, 0.5) is 10.5 Å². The van der Waals surface area contributed by atoms with E-state index >= 15 is 0 Å². The van der Waals surface area contributed by atoms with E-state index in [1.54, 1.807) is 11.1 Å². The molecule has 2 aromatic rings. The summed E-state index contributed by atoms with van der Waals surface area (Å²) in [6.45, 7) is 6.29. The molecule has 26 heavy (non-hydrogen) atoms. The van der Waals surface area contributed by atoms with Gasteiger partial charge in [-0.3, -0.25) is 9.89 Å². The number of anilines is 1. The van der Waals surface area contributed by atoms with Crippen molar-refractivity contribution >= 4 is 28.6 Å². The zero-order chi connectivity index (χ0) is 18.9. The highest BCUT2D eigenvalue weighted by Crippen LogP contribution is 2.29. The number of hydrogen-bond acceptors (Lipinski definition) is 5. The van der Waals surface area contributed by atoms with Crippen molar-refractivity contribution in [3.63, 3.8) is 0 Å². The van der Waals surface area contributed by atoms with Gasteiger partial charge in [0.15, 0.2) is 0 Å². The lowest BCUT2D eigenvalue weighted by molar-refractivity contribution is -0.123. The summed E-state index contributed by atoms with van der Waals surface area (Å²) in [5.41, 5.74) is 5.98. The van der Waals surface area contributed by atoms with Crippen molar-refractivity contribution in [1.29, 1.82) is 0 Å². The Balaban J connectivity index is 1.72. The fourth-order valence-corrected chi connectivity index (χ4v) is 3.13. The average Bonchev–Trinajstić information content (AvgIpc) is 3.01. The molecule has 1 fully saturated rings. The second kappa shape index (κ2) is 6.51. The monoisotopic (exact) mass is 359 g/mol. The number of benzene rings is 1. The fourth-order valence-electron chi connectivity index (χ4n) is 3.13. The summed E-state index contributed by atoms with van der Waals surface area (Å²) in [6, 6.07) is 5.70. The van der Waals surface area contributed by atoms with Gasteiger partial charge >= 0.3 is 6.09 Å². The van der Waals surface area contributed by atoms with Crippen LogP contribution in [0, 0.1) is 0 Å². The third-order valence-electron chi connectivity index (χ3n) is 4.56. The molecule has 1 aliphatic heterocycles. The maximum absolute atomic E-state index is 12.2. The second-order valence-electron chi connectivity index (χ2n) is 7.71. The first kappa shape index (κ1) is 18.0. The molecule has 0 aliphatic carbocycles. The molecule has 0 bridgehead atoms. The number of piperidine rings is 1. The highest BCUT2D eigenvalue weighted by molar-refractivity contribution is 5.90. The number of H-pyrrole nitrogens is 1. The van der Waals surface area contributed by atoms with Gasteiger partial charge in [0, 0.05) is 24.2 Å². The molecular weight excluding hydrogens is 334 g/mol. The minimum atomic E-state index is -0.893. The van der Waals surface area contributed by atoms with Gasteiger partial charge in [-0.1, -0.05) is 0 Å².